The van der Waals surface area contributed by atoms with Crippen LogP contribution in [0.2, 0.25) is 0 Å². The summed E-state index contributed by atoms with van der Waals surface area (Å²) in [7, 11) is 1.56. The summed E-state index contributed by atoms with van der Waals surface area (Å²) in [5.74, 6) is -0.385. The number of carbonyl (C=O) groups is 2. The van der Waals surface area contributed by atoms with Crippen molar-refractivity contribution in [1.29, 1.82) is 0 Å². The first-order valence-corrected chi connectivity index (χ1v) is 6.37. The maximum absolute atomic E-state index is 12.1. The molecule has 0 aromatic heterocycles. The third-order valence-corrected chi connectivity index (χ3v) is 3.20. The summed E-state index contributed by atoms with van der Waals surface area (Å²) in [6, 6.07) is 6.07. The molecule has 2 amide bonds. The van der Waals surface area contributed by atoms with E-state index in [4.69, 9.17) is 5.73 Å². The second-order valence-corrected chi connectivity index (χ2v) is 4.57. The second-order valence-electron chi connectivity index (χ2n) is 4.57. The first-order chi connectivity index (χ1) is 8.99. The SMILES string of the molecule is CCC(C)C(NC(=O)c1ccc(N)cc1)C(=O)NC. The maximum atomic E-state index is 12.1. The van der Waals surface area contributed by atoms with Gasteiger partial charge in [-0.25, -0.2) is 0 Å². The van der Waals surface area contributed by atoms with Gasteiger partial charge in [0.2, 0.25) is 5.91 Å². The molecule has 0 saturated carbocycles. The van der Waals surface area contributed by atoms with Crippen LogP contribution in [0.1, 0.15) is 30.6 Å². The number of likely N-dealkylation sites (N-methyl/N-ethyl adjacent to an activating group) is 1. The predicted molar refractivity (Wildman–Crippen MR) is 75.6 cm³/mol. The van der Waals surface area contributed by atoms with E-state index in [-0.39, 0.29) is 17.7 Å². The van der Waals surface area contributed by atoms with Crippen LogP contribution in [-0.2, 0) is 4.79 Å². The summed E-state index contributed by atoms with van der Waals surface area (Å²) < 4.78 is 0. The molecule has 0 aliphatic heterocycles. The molecule has 0 fully saturated rings. The number of benzene rings is 1. The molecule has 2 unspecified atom stereocenters. The van der Waals surface area contributed by atoms with Crippen LogP contribution in [0.25, 0.3) is 0 Å². The zero-order chi connectivity index (χ0) is 14.4. The van der Waals surface area contributed by atoms with Crippen LogP contribution in [0.3, 0.4) is 0 Å². The highest BCUT2D eigenvalue weighted by Gasteiger charge is 2.25. The maximum Gasteiger partial charge on any atom is 0.251 e. The first-order valence-electron chi connectivity index (χ1n) is 6.37. The Morgan fingerprint density at radius 3 is 2.32 bits per heavy atom. The molecule has 19 heavy (non-hydrogen) atoms. The number of anilines is 1. The molecule has 0 saturated heterocycles. The summed E-state index contributed by atoms with van der Waals surface area (Å²) in [5, 5.41) is 5.33. The summed E-state index contributed by atoms with van der Waals surface area (Å²) in [6.07, 6.45) is 0.806. The molecule has 0 heterocycles. The lowest BCUT2D eigenvalue weighted by molar-refractivity contribution is -0.123. The smallest absolute Gasteiger partial charge is 0.251 e. The van der Waals surface area contributed by atoms with Gasteiger partial charge < -0.3 is 16.4 Å². The van der Waals surface area contributed by atoms with Gasteiger partial charge in [0, 0.05) is 18.3 Å². The van der Waals surface area contributed by atoms with Gasteiger partial charge in [0.05, 0.1) is 0 Å². The van der Waals surface area contributed by atoms with E-state index in [1.54, 1.807) is 31.3 Å². The van der Waals surface area contributed by atoms with Gasteiger partial charge in [0.15, 0.2) is 0 Å². The average Bonchev–Trinajstić information content (AvgIpc) is 2.43. The minimum atomic E-state index is -0.528. The van der Waals surface area contributed by atoms with Gasteiger partial charge in [-0.05, 0) is 30.2 Å². The Bertz CT molecular complexity index is 443. The van der Waals surface area contributed by atoms with Gasteiger partial charge in [-0.3, -0.25) is 9.59 Å². The van der Waals surface area contributed by atoms with Crippen molar-refractivity contribution >= 4 is 17.5 Å². The Balaban J connectivity index is 2.81. The fourth-order valence-electron chi connectivity index (χ4n) is 1.72. The molecule has 4 N–H and O–H groups in total. The number of nitrogens with two attached hydrogens (primary N) is 1. The second kappa shape index (κ2) is 6.78. The van der Waals surface area contributed by atoms with E-state index >= 15 is 0 Å². The molecule has 1 rings (SSSR count). The molecule has 2 atom stereocenters. The summed E-state index contributed by atoms with van der Waals surface area (Å²) in [4.78, 5) is 23.9. The molecular formula is C14H21N3O2. The fraction of sp³-hybridized carbons (Fsp3) is 0.429. The van der Waals surface area contributed by atoms with E-state index in [1.807, 2.05) is 13.8 Å². The van der Waals surface area contributed by atoms with Gasteiger partial charge in [-0.1, -0.05) is 20.3 Å². The monoisotopic (exact) mass is 263 g/mol. The van der Waals surface area contributed by atoms with Crippen molar-refractivity contribution in [2.24, 2.45) is 5.92 Å². The van der Waals surface area contributed by atoms with Crippen LogP contribution in [0.5, 0.6) is 0 Å². The lowest BCUT2D eigenvalue weighted by atomic mass is 9.98. The minimum Gasteiger partial charge on any atom is -0.399 e. The lowest BCUT2D eigenvalue weighted by Crippen LogP contribution is -2.49. The lowest BCUT2D eigenvalue weighted by Gasteiger charge is -2.22. The van der Waals surface area contributed by atoms with E-state index in [0.29, 0.717) is 11.3 Å². The Kier molecular flexibility index (Phi) is 5.36. The predicted octanol–water partition coefficient (Wildman–Crippen LogP) is 1.16. The Labute approximate surface area is 113 Å². The third kappa shape index (κ3) is 3.98. The minimum absolute atomic E-state index is 0.0673. The highest BCUT2D eigenvalue weighted by Crippen LogP contribution is 2.10. The van der Waals surface area contributed by atoms with Crippen molar-refractivity contribution in [2.75, 3.05) is 12.8 Å². The van der Waals surface area contributed by atoms with Crippen molar-refractivity contribution in [1.82, 2.24) is 10.6 Å². The molecule has 0 aliphatic rings. The Morgan fingerprint density at radius 2 is 1.84 bits per heavy atom. The molecule has 5 nitrogen and oxygen atoms in total. The first kappa shape index (κ1) is 15.0. The molecule has 104 valence electrons. The van der Waals surface area contributed by atoms with Crippen LogP contribution in [0.15, 0.2) is 24.3 Å². The Morgan fingerprint density at radius 1 is 1.26 bits per heavy atom. The number of amides is 2. The molecule has 0 radical (unpaired) electrons. The van der Waals surface area contributed by atoms with Gasteiger partial charge in [-0.2, -0.15) is 0 Å². The summed E-state index contributed by atoms with van der Waals surface area (Å²) >= 11 is 0. The normalized spacial score (nSPS) is 13.4. The van der Waals surface area contributed by atoms with E-state index in [2.05, 4.69) is 10.6 Å². The topological polar surface area (TPSA) is 84.2 Å². The number of carbonyl (C=O) groups excluding carboxylic acids is 2. The van der Waals surface area contributed by atoms with Crippen LogP contribution in [0.4, 0.5) is 5.69 Å². The van der Waals surface area contributed by atoms with E-state index in [1.165, 1.54) is 0 Å². The van der Waals surface area contributed by atoms with Gasteiger partial charge >= 0.3 is 0 Å². The van der Waals surface area contributed by atoms with Crippen LogP contribution >= 0.6 is 0 Å². The number of nitrogens with one attached hydrogen (secondary N) is 2. The van der Waals surface area contributed by atoms with E-state index in [9.17, 15) is 9.59 Å². The number of nitrogen functional groups attached to an aromatic ring is 1. The van der Waals surface area contributed by atoms with Crippen LogP contribution in [0, 0.1) is 5.92 Å². The quantitative estimate of drug-likeness (QED) is 0.697. The van der Waals surface area contributed by atoms with Gasteiger partial charge in [-0.15, -0.1) is 0 Å². The van der Waals surface area contributed by atoms with E-state index in [0.717, 1.165) is 6.42 Å². The molecule has 0 spiro atoms. The molecule has 1 aromatic carbocycles. The van der Waals surface area contributed by atoms with Gasteiger partial charge in [0.1, 0.15) is 6.04 Å². The molecule has 5 heteroatoms. The van der Waals surface area contributed by atoms with E-state index < -0.39 is 6.04 Å². The fourth-order valence-corrected chi connectivity index (χ4v) is 1.72. The molecule has 0 bridgehead atoms. The summed E-state index contributed by atoms with van der Waals surface area (Å²) in [5.41, 5.74) is 6.66. The zero-order valence-electron chi connectivity index (χ0n) is 11.6. The zero-order valence-corrected chi connectivity index (χ0v) is 11.6. The number of rotatable bonds is 5. The molecule has 1 aromatic rings. The highest BCUT2D eigenvalue weighted by atomic mass is 16.2. The van der Waals surface area contributed by atoms with Crippen molar-refractivity contribution in [3.63, 3.8) is 0 Å². The standard InChI is InChI=1S/C14H21N3O2/c1-4-9(2)12(14(19)16-3)17-13(18)10-5-7-11(15)8-6-10/h5-9,12H,4,15H2,1-3H3,(H,16,19)(H,17,18). The molecule has 0 aliphatic carbocycles. The van der Waals surface area contributed by atoms with Crippen molar-refractivity contribution < 1.29 is 9.59 Å². The summed E-state index contributed by atoms with van der Waals surface area (Å²) in [6.45, 7) is 3.92. The average molecular weight is 263 g/mol. The highest BCUT2D eigenvalue weighted by molar-refractivity contribution is 5.97. The number of hydrogen-bond donors (Lipinski definition) is 3. The third-order valence-electron chi connectivity index (χ3n) is 3.20. The van der Waals surface area contributed by atoms with Crippen molar-refractivity contribution in [3.8, 4) is 0 Å². The van der Waals surface area contributed by atoms with Gasteiger partial charge in [0.25, 0.3) is 5.91 Å². The largest absolute Gasteiger partial charge is 0.399 e. The van der Waals surface area contributed by atoms with Crippen molar-refractivity contribution in [2.45, 2.75) is 26.3 Å². The number of hydrogen-bond acceptors (Lipinski definition) is 3. The van der Waals surface area contributed by atoms with Crippen molar-refractivity contribution in [3.05, 3.63) is 29.8 Å². The molecular weight excluding hydrogens is 242 g/mol. The Hall–Kier alpha value is -2.04. The van der Waals surface area contributed by atoms with Crippen LogP contribution in [-0.4, -0.2) is 24.9 Å². The van der Waals surface area contributed by atoms with Crippen LogP contribution < -0.4 is 16.4 Å².